The zero-order valence-corrected chi connectivity index (χ0v) is 21.8. The summed E-state index contributed by atoms with van der Waals surface area (Å²) in [6, 6.07) is 14.4. The molecule has 0 aliphatic rings. The fourth-order valence-corrected chi connectivity index (χ4v) is 4.84. The molecule has 2 heterocycles. The topological polar surface area (TPSA) is 95.0 Å². The Bertz CT molecular complexity index is 1820. The predicted octanol–water partition coefficient (Wildman–Crippen LogP) is 6.96. The van der Waals surface area contributed by atoms with Crippen molar-refractivity contribution in [2.45, 2.75) is 0 Å². The normalized spacial score (nSPS) is 11.1. The largest absolute Gasteiger partial charge is 0.366 e. The van der Waals surface area contributed by atoms with Crippen LogP contribution in [0.1, 0.15) is 36.6 Å². The molecule has 0 saturated heterocycles. The van der Waals surface area contributed by atoms with Crippen molar-refractivity contribution in [2.75, 3.05) is 0 Å². The van der Waals surface area contributed by atoms with Crippen molar-refractivity contribution in [3.05, 3.63) is 122 Å². The number of fused-ring (bicyclic) bond motifs is 1. The van der Waals surface area contributed by atoms with Gasteiger partial charge in [0.15, 0.2) is 0 Å². The van der Waals surface area contributed by atoms with E-state index in [1.807, 2.05) is 0 Å². The minimum absolute atomic E-state index is 0.00363. The molecular weight excluding hydrogens is 571 g/mol. The highest BCUT2D eigenvalue weighted by atomic mass is 35.5. The lowest BCUT2D eigenvalue weighted by molar-refractivity contribution is 0.0962. The molecule has 0 saturated carbocycles. The molecule has 6 nitrogen and oxygen atoms in total. The third-order valence-corrected chi connectivity index (χ3v) is 6.93. The number of nitrogens with two attached hydrogens (primary N) is 1. The van der Waals surface area contributed by atoms with Gasteiger partial charge in [0.2, 0.25) is 5.78 Å². The van der Waals surface area contributed by atoms with E-state index in [4.69, 9.17) is 40.5 Å². The molecule has 3 aromatic carbocycles. The molecule has 0 atom stereocenters. The average molecular weight is 585 g/mol. The number of amides is 1. The summed E-state index contributed by atoms with van der Waals surface area (Å²) in [4.78, 5) is 43.2. The van der Waals surface area contributed by atoms with Crippen molar-refractivity contribution in [2.24, 2.45) is 5.73 Å². The van der Waals surface area contributed by atoms with E-state index in [9.17, 15) is 18.8 Å². The first kappa shape index (κ1) is 26.5. The minimum atomic E-state index is -1.42. The first-order valence-corrected chi connectivity index (χ1v) is 12.3. The SMILES string of the molecule is NC(=O)c1ccc(F)c(C(=O)c2cn(C(=O)c3c(Cl)cccc3Cl)c3ncc(-c4ccc(Cl)cc4)cc23)c1F. The molecule has 194 valence electrons. The average Bonchev–Trinajstić information content (AvgIpc) is 3.27. The number of hydrogen-bond donors (Lipinski definition) is 1. The molecule has 2 N–H and O–H groups in total. The van der Waals surface area contributed by atoms with Crippen LogP contribution < -0.4 is 5.73 Å². The molecule has 5 rings (SSSR count). The quantitative estimate of drug-likeness (QED) is 0.226. The van der Waals surface area contributed by atoms with Gasteiger partial charge in [-0.3, -0.25) is 19.0 Å². The summed E-state index contributed by atoms with van der Waals surface area (Å²) < 4.78 is 31.0. The number of nitrogens with zero attached hydrogens (tertiary/aromatic N) is 2. The fourth-order valence-electron chi connectivity index (χ4n) is 4.15. The standard InChI is InChI=1S/C28H14Cl3F2N3O3/c29-15-6-4-13(5-7-15)14-10-17-18(25(37)23-21(32)9-8-16(24(23)33)26(34)38)12-36(27(17)35-11-14)28(39)22-19(30)2-1-3-20(22)31/h1-12H,(H2,34,38). The lowest BCUT2D eigenvalue weighted by Gasteiger charge is -2.08. The van der Waals surface area contributed by atoms with Crippen LogP contribution in [0.3, 0.4) is 0 Å². The third kappa shape index (κ3) is 4.67. The maximum absolute atomic E-state index is 15.1. The molecule has 2 aromatic heterocycles. The van der Waals surface area contributed by atoms with Crippen LogP contribution in [-0.2, 0) is 0 Å². The molecule has 0 spiro atoms. The van der Waals surface area contributed by atoms with Gasteiger partial charge in [0, 0.05) is 28.4 Å². The Labute approximate surface area is 234 Å². The van der Waals surface area contributed by atoms with Crippen molar-refractivity contribution in [1.29, 1.82) is 0 Å². The first-order chi connectivity index (χ1) is 18.6. The molecule has 0 bridgehead atoms. The highest BCUT2D eigenvalue weighted by Crippen LogP contribution is 2.32. The lowest BCUT2D eigenvalue weighted by Crippen LogP contribution is -2.17. The second kappa shape index (κ2) is 10.2. The molecular formula is C28H14Cl3F2N3O3. The number of aromatic nitrogens is 2. The van der Waals surface area contributed by atoms with Crippen molar-refractivity contribution in [1.82, 2.24) is 9.55 Å². The van der Waals surface area contributed by atoms with Crippen molar-refractivity contribution < 1.29 is 23.2 Å². The van der Waals surface area contributed by atoms with E-state index < -0.39 is 40.4 Å². The molecule has 0 fully saturated rings. The predicted molar refractivity (Wildman–Crippen MR) is 145 cm³/mol. The minimum Gasteiger partial charge on any atom is -0.366 e. The van der Waals surface area contributed by atoms with Gasteiger partial charge >= 0.3 is 0 Å². The van der Waals surface area contributed by atoms with Gasteiger partial charge in [-0.1, -0.05) is 53.0 Å². The van der Waals surface area contributed by atoms with Crippen LogP contribution in [0.5, 0.6) is 0 Å². The zero-order valence-electron chi connectivity index (χ0n) is 19.5. The van der Waals surface area contributed by atoms with Gasteiger partial charge in [0.05, 0.1) is 32.3 Å². The number of carbonyl (C=O) groups is 3. The summed E-state index contributed by atoms with van der Waals surface area (Å²) in [7, 11) is 0. The number of hydrogen-bond acceptors (Lipinski definition) is 4. The van der Waals surface area contributed by atoms with E-state index in [1.54, 1.807) is 36.4 Å². The highest BCUT2D eigenvalue weighted by Gasteiger charge is 2.29. The monoisotopic (exact) mass is 583 g/mol. The Morgan fingerprint density at radius 2 is 1.49 bits per heavy atom. The number of ketones is 1. The van der Waals surface area contributed by atoms with Crippen molar-refractivity contribution in [3.63, 3.8) is 0 Å². The number of primary amides is 1. The molecule has 0 radical (unpaired) electrons. The van der Waals surface area contributed by atoms with Crippen LogP contribution in [0.15, 0.2) is 73.1 Å². The van der Waals surface area contributed by atoms with Gasteiger partial charge in [0.1, 0.15) is 17.3 Å². The van der Waals surface area contributed by atoms with Crippen molar-refractivity contribution in [3.8, 4) is 11.1 Å². The Kier molecular flexibility index (Phi) is 6.94. The molecule has 1 amide bonds. The van der Waals surface area contributed by atoms with E-state index in [0.717, 1.165) is 22.9 Å². The highest BCUT2D eigenvalue weighted by molar-refractivity contribution is 6.40. The van der Waals surface area contributed by atoms with Crippen LogP contribution in [0.4, 0.5) is 8.78 Å². The van der Waals surface area contributed by atoms with Crippen LogP contribution >= 0.6 is 34.8 Å². The third-order valence-electron chi connectivity index (χ3n) is 6.04. The summed E-state index contributed by atoms with van der Waals surface area (Å²) in [5.41, 5.74) is 4.40. The number of benzene rings is 3. The van der Waals surface area contributed by atoms with E-state index in [0.29, 0.717) is 16.1 Å². The number of rotatable bonds is 5. The smallest absolute Gasteiger partial charge is 0.266 e. The molecule has 0 aliphatic carbocycles. The molecule has 11 heteroatoms. The van der Waals surface area contributed by atoms with E-state index in [1.165, 1.54) is 18.3 Å². The zero-order chi connectivity index (χ0) is 28.0. The molecule has 0 unspecified atom stereocenters. The second-order valence-corrected chi connectivity index (χ2v) is 9.64. The second-order valence-electron chi connectivity index (χ2n) is 8.39. The summed E-state index contributed by atoms with van der Waals surface area (Å²) in [6.07, 6.45) is 2.57. The van der Waals surface area contributed by atoms with Crippen LogP contribution in [0, 0.1) is 11.6 Å². The van der Waals surface area contributed by atoms with Gasteiger partial charge in [-0.15, -0.1) is 0 Å². The first-order valence-electron chi connectivity index (χ1n) is 11.2. The lowest BCUT2D eigenvalue weighted by atomic mass is 9.98. The Hall–Kier alpha value is -4.11. The van der Waals surface area contributed by atoms with Gasteiger partial charge in [-0.05, 0) is 48.0 Å². The van der Waals surface area contributed by atoms with Crippen LogP contribution in [0.2, 0.25) is 15.1 Å². The van der Waals surface area contributed by atoms with Gasteiger partial charge in [0.25, 0.3) is 11.8 Å². The maximum Gasteiger partial charge on any atom is 0.266 e. The molecule has 0 aliphatic heterocycles. The van der Waals surface area contributed by atoms with Crippen molar-refractivity contribution >= 4 is 63.4 Å². The van der Waals surface area contributed by atoms with Gasteiger partial charge in [-0.2, -0.15) is 0 Å². The van der Waals surface area contributed by atoms with Gasteiger partial charge in [-0.25, -0.2) is 13.8 Å². The van der Waals surface area contributed by atoms with E-state index >= 15 is 4.39 Å². The van der Waals surface area contributed by atoms with E-state index in [2.05, 4.69) is 4.98 Å². The Balaban J connectivity index is 1.77. The summed E-state index contributed by atoms with van der Waals surface area (Å²) in [6.45, 7) is 0. The molecule has 5 aromatic rings. The number of pyridine rings is 1. The van der Waals surface area contributed by atoms with Crippen LogP contribution in [0.25, 0.3) is 22.2 Å². The summed E-state index contributed by atoms with van der Waals surface area (Å²) in [5, 5.41) is 0.696. The maximum atomic E-state index is 15.1. The van der Waals surface area contributed by atoms with E-state index in [-0.39, 0.29) is 32.2 Å². The summed E-state index contributed by atoms with van der Waals surface area (Å²) in [5.74, 6) is -5.68. The van der Waals surface area contributed by atoms with Crippen LogP contribution in [-0.4, -0.2) is 27.1 Å². The molecule has 39 heavy (non-hydrogen) atoms. The Morgan fingerprint density at radius 3 is 2.13 bits per heavy atom. The number of carbonyl (C=O) groups excluding carboxylic acids is 3. The fraction of sp³-hybridized carbons (Fsp3) is 0. The van der Waals surface area contributed by atoms with Gasteiger partial charge < -0.3 is 5.73 Å². The summed E-state index contributed by atoms with van der Waals surface area (Å²) >= 11 is 18.5. The Morgan fingerprint density at radius 1 is 0.821 bits per heavy atom. The number of halogens is 5.